The molecule has 1 N–H and O–H groups in total. The zero-order valence-electron chi connectivity index (χ0n) is 20.4. The molecule has 180 valence electrons. The highest BCUT2D eigenvalue weighted by Crippen LogP contribution is 2.45. The van der Waals surface area contributed by atoms with E-state index in [1.54, 1.807) is 30.3 Å². The van der Waals surface area contributed by atoms with Crippen molar-refractivity contribution in [3.63, 3.8) is 0 Å². The Morgan fingerprint density at radius 3 is 2.29 bits per heavy atom. The van der Waals surface area contributed by atoms with Crippen molar-refractivity contribution < 1.29 is 23.8 Å². The maximum absolute atomic E-state index is 15.1. The second kappa shape index (κ2) is 9.02. The number of anilines is 1. The molecule has 5 nitrogen and oxygen atoms in total. The van der Waals surface area contributed by atoms with Gasteiger partial charge in [0, 0.05) is 11.3 Å². The molecule has 0 aliphatic carbocycles. The summed E-state index contributed by atoms with van der Waals surface area (Å²) < 4.78 is 20.6. The zero-order valence-corrected chi connectivity index (χ0v) is 20.4. The first-order chi connectivity index (χ1) is 16.6. The summed E-state index contributed by atoms with van der Waals surface area (Å²) in [5, 5.41) is 11.5. The van der Waals surface area contributed by atoms with Gasteiger partial charge >= 0.3 is 0 Å². The van der Waals surface area contributed by atoms with Crippen molar-refractivity contribution in [2.24, 2.45) is 0 Å². The van der Waals surface area contributed by atoms with E-state index in [-0.39, 0.29) is 22.1 Å². The first-order valence-electron chi connectivity index (χ1n) is 11.4. The van der Waals surface area contributed by atoms with Crippen molar-refractivity contribution in [3.8, 4) is 5.75 Å². The fraction of sp³-hybridized carbons (Fsp3) is 0.241. The lowest BCUT2D eigenvalue weighted by molar-refractivity contribution is -0.132. The number of methoxy groups -OCH3 is 1. The van der Waals surface area contributed by atoms with Crippen molar-refractivity contribution in [3.05, 3.63) is 100 Å². The normalized spacial score (nSPS) is 17.7. The molecule has 0 radical (unpaired) electrons. The van der Waals surface area contributed by atoms with Crippen LogP contribution in [-0.2, 0) is 15.0 Å². The number of amides is 1. The molecule has 1 aliphatic heterocycles. The number of halogens is 1. The Morgan fingerprint density at radius 1 is 1.00 bits per heavy atom. The number of benzene rings is 3. The Morgan fingerprint density at radius 2 is 1.66 bits per heavy atom. The summed E-state index contributed by atoms with van der Waals surface area (Å²) in [5.74, 6) is -2.37. The third-order valence-corrected chi connectivity index (χ3v) is 6.34. The van der Waals surface area contributed by atoms with Crippen LogP contribution in [0.3, 0.4) is 0 Å². The third-order valence-electron chi connectivity index (χ3n) is 6.34. The number of nitrogens with zero attached hydrogens (tertiary/aromatic N) is 1. The van der Waals surface area contributed by atoms with Crippen molar-refractivity contribution in [2.45, 2.75) is 39.2 Å². The average molecular weight is 474 g/mol. The zero-order chi connectivity index (χ0) is 25.5. The van der Waals surface area contributed by atoms with E-state index in [9.17, 15) is 14.7 Å². The number of rotatable bonds is 4. The van der Waals surface area contributed by atoms with Crippen LogP contribution in [0.5, 0.6) is 5.75 Å². The first kappa shape index (κ1) is 24.2. The molecule has 1 atom stereocenters. The van der Waals surface area contributed by atoms with Gasteiger partial charge in [0.05, 0.1) is 24.3 Å². The highest BCUT2D eigenvalue weighted by molar-refractivity contribution is 6.51. The predicted molar refractivity (Wildman–Crippen MR) is 134 cm³/mol. The summed E-state index contributed by atoms with van der Waals surface area (Å²) in [5.41, 5.74) is 2.05. The topological polar surface area (TPSA) is 66.8 Å². The summed E-state index contributed by atoms with van der Waals surface area (Å²) in [4.78, 5) is 28.0. The molecular formula is C29H28FNO4. The van der Waals surface area contributed by atoms with E-state index in [2.05, 4.69) is 0 Å². The highest BCUT2D eigenvalue weighted by Gasteiger charge is 2.48. The second-order valence-electron chi connectivity index (χ2n) is 9.64. The van der Waals surface area contributed by atoms with Gasteiger partial charge in [0.2, 0.25) is 0 Å². The number of Topliss-reactive ketones (excluding diaryl/α,β-unsaturated/α-hetero) is 1. The SMILES string of the molecule is COc1ccc(C(C)(C)C)cc1/C(O)=C1\C(=O)C(=O)N(c2ccccc2C)C1c1ccccc1F. The molecule has 0 spiro atoms. The summed E-state index contributed by atoms with van der Waals surface area (Å²) in [6.07, 6.45) is 0. The Kier molecular flexibility index (Phi) is 6.24. The van der Waals surface area contributed by atoms with E-state index in [4.69, 9.17) is 4.74 Å². The molecule has 35 heavy (non-hydrogen) atoms. The van der Waals surface area contributed by atoms with Gasteiger partial charge in [-0.15, -0.1) is 0 Å². The van der Waals surface area contributed by atoms with Crippen LogP contribution in [0.1, 0.15) is 49.1 Å². The van der Waals surface area contributed by atoms with Crippen LogP contribution in [0, 0.1) is 12.7 Å². The molecule has 1 heterocycles. The molecular weight excluding hydrogens is 445 g/mol. The second-order valence-corrected chi connectivity index (χ2v) is 9.64. The molecule has 3 aromatic carbocycles. The van der Waals surface area contributed by atoms with Gasteiger partial charge in [-0.25, -0.2) is 4.39 Å². The first-order valence-corrected chi connectivity index (χ1v) is 11.4. The number of hydrogen-bond donors (Lipinski definition) is 1. The molecule has 4 rings (SSSR count). The van der Waals surface area contributed by atoms with Crippen LogP contribution < -0.4 is 9.64 Å². The molecule has 1 unspecified atom stereocenters. The number of ether oxygens (including phenoxy) is 1. The molecule has 6 heteroatoms. The minimum Gasteiger partial charge on any atom is -0.507 e. The summed E-state index contributed by atoms with van der Waals surface area (Å²) >= 11 is 0. The maximum atomic E-state index is 15.1. The fourth-order valence-electron chi connectivity index (χ4n) is 4.41. The molecule has 1 fully saturated rings. The van der Waals surface area contributed by atoms with Crippen molar-refractivity contribution in [2.75, 3.05) is 12.0 Å². The minimum atomic E-state index is -1.15. The number of aliphatic hydroxyl groups excluding tert-OH is 1. The quantitative estimate of drug-likeness (QED) is 0.284. The van der Waals surface area contributed by atoms with Crippen LogP contribution in [0.4, 0.5) is 10.1 Å². The largest absolute Gasteiger partial charge is 0.507 e. The van der Waals surface area contributed by atoms with Crippen molar-refractivity contribution in [1.29, 1.82) is 0 Å². The summed E-state index contributed by atoms with van der Waals surface area (Å²) in [6, 6.07) is 17.2. The van der Waals surface area contributed by atoms with E-state index < -0.39 is 29.3 Å². The van der Waals surface area contributed by atoms with E-state index in [0.29, 0.717) is 11.4 Å². The third kappa shape index (κ3) is 4.20. The lowest BCUT2D eigenvalue weighted by Gasteiger charge is -2.27. The Hall–Kier alpha value is -3.93. The monoisotopic (exact) mass is 473 g/mol. The number of aryl methyl sites for hydroxylation is 1. The molecule has 0 bridgehead atoms. The molecule has 3 aromatic rings. The smallest absolute Gasteiger partial charge is 0.300 e. The van der Waals surface area contributed by atoms with Gasteiger partial charge in [-0.3, -0.25) is 14.5 Å². The lowest BCUT2D eigenvalue weighted by Crippen LogP contribution is -2.30. The number of aliphatic hydroxyl groups is 1. The molecule has 1 amide bonds. The van der Waals surface area contributed by atoms with Crippen molar-refractivity contribution in [1.82, 2.24) is 0 Å². The van der Waals surface area contributed by atoms with Gasteiger partial charge in [-0.1, -0.05) is 63.2 Å². The number of ketones is 1. The molecule has 1 saturated heterocycles. The molecule has 0 saturated carbocycles. The average Bonchev–Trinajstić information content (AvgIpc) is 3.08. The number of hydrogen-bond acceptors (Lipinski definition) is 4. The Balaban J connectivity index is 2.04. The number of carbonyl (C=O) groups is 2. The fourth-order valence-corrected chi connectivity index (χ4v) is 4.41. The van der Waals surface area contributed by atoms with E-state index in [1.807, 2.05) is 45.9 Å². The number of para-hydroxylation sites is 1. The minimum absolute atomic E-state index is 0.113. The Bertz CT molecular complexity index is 1350. The van der Waals surface area contributed by atoms with Gasteiger partial charge in [0.15, 0.2) is 0 Å². The van der Waals surface area contributed by atoms with Gasteiger partial charge in [-0.2, -0.15) is 0 Å². The van der Waals surface area contributed by atoms with Crippen LogP contribution >= 0.6 is 0 Å². The van der Waals surface area contributed by atoms with Gasteiger partial charge in [0.25, 0.3) is 11.7 Å². The van der Waals surface area contributed by atoms with E-state index in [1.165, 1.54) is 30.2 Å². The van der Waals surface area contributed by atoms with Gasteiger partial charge in [-0.05, 0) is 47.7 Å². The molecule has 1 aliphatic rings. The summed E-state index contributed by atoms with van der Waals surface area (Å²) in [7, 11) is 1.46. The summed E-state index contributed by atoms with van der Waals surface area (Å²) in [6.45, 7) is 7.88. The standard InChI is InChI=1S/C29H28FNO4/c1-17-10-6-9-13-22(17)31-25(19-11-7-8-12-21(19)30)24(27(33)28(31)34)26(32)20-16-18(29(2,3)4)14-15-23(20)35-5/h6-16,25,32H,1-5H3/b26-24+. The molecule has 0 aromatic heterocycles. The highest BCUT2D eigenvalue weighted by atomic mass is 19.1. The van der Waals surface area contributed by atoms with Crippen LogP contribution in [0.2, 0.25) is 0 Å². The van der Waals surface area contributed by atoms with Gasteiger partial charge < -0.3 is 9.84 Å². The predicted octanol–water partition coefficient (Wildman–Crippen LogP) is 6.07. The van der Waals surface area contributed by atoms with Gasteiger partial charge in [0.1, 0.15) is 17.3 Å². The van der Waals surface area contributed by atoms with E-state index >= 15 is 4.39 Å². The lowest BCUT2D eigenvalue weighted by atomic mass is 9.85. The maximum Gasteiger partial charge on any atom is 0.300 e. The number of carbonyl (C=O) groups excluding carboxylic acids is 2. The van der Waals surface area contributed by atoms with Crippen LogP contribution in [-0.4, -0.2) is 23.9 Å². The van der Waals surface area contributed by atoms with Crippen LogP contribution in [0.25, 0.3) is 5.76 Å². The van der Waals surface area contributed by atoms with E-state index in [0.717, 1.165) is 11.1 Å². The van der Waals surface area contributed by atoms with Crippen molar-refractivity contribution >= 4 is 23.1 Å². The van der Waals surface area contributed by atoms with Crippen LogP contribution in [0.15, 0.2) is 72.3 Å². The Labute approximate surface area is 204 Å².